The van der Waals surface area contributed by atoms with E-state index in [-0.39, 0.29) is 12.5 Å². The van der Waals surface area contributed by atoms with Gasteiger partial charge in [-0.3, -0.25) is 4.79 Å². The monoisotopic (exact) mass is 273 g/mol. The smallest absolute Gasteiger partial charge is 0.257 e. The van der Waals surface area contributed by atoms with Gasteiger partial charge in [0.05, 0.1) is 6.33 Å². The number of imidazole rings is 1. The minimum absolute atomic E-state index is 0.0497. The summed E-state index contributed by atoms with van der Waals surface area (Å²) in [5.74, 6) is 0.611. The number of nitrogens with zero attached hydrogens (tertiary/aromatic N) is 2. The summed E-state index contributed by atoms with van der Waals surface area (Å²) in [5, 5.41) is 2.83. The molecular weight excluding hydrogens is 254 g/mol. The van der Waals surface area contributed by atoms with Gasteiger partial charge in [-0.2, -0.15) is 0 Å². The molecular formula is C15H19N3O2. The number of rotatable bonds is 7. The molecule has 20 heavy (non-hydrogen) atoms. The highest BCUT2D eigenvalue weighted by Gasteiger charge is 2.02. The van der Waals surface area contributed by atoms with E-state index in [0.29, 0.717) is 12.3 Å². The second-order valence-corrected chi connectivity index (χ2v) is 4.61. The summed E-state index contributed by atoms with van der Waals surface area (Å²) < 4.78 is 7.38. The molecule has 1 N–H and O–H groups in total. The topological polar surface area (TPSA) is 56.1 Å². The Morgan fingerprint density at radius 3 is 2.85 bits per heavy atom. The summed E-state index contributed by atoms with van der Waals surface area (Å²) >= 11 is 0. The Balaban J connectivity index is 1.59. The molecule has 106 valence electrons. The van der Waals surface area contributed by atoms with Gasteiger partial charge >= 0.3 is 0 Å². The van der Waals surface area contributed by atoms with Crippen LogP contribution in [-0.4, -0.2) is 28.6 Å². The summed E-state index contributed by atoms with van der Waals surface area (Å²) in [6, 6.07) is 7.64. The Hall–Kier alpha value is -2.30. The number of hydrogen-bond donors (Lipinski definition) is 1. The van der Waals surface area contributed by atoms with E-state index >= 15 is 0 Å². The van der Waals surface area contributed by atoms with Gasteiger partial charge in [-0.1, -0.05) is 17.7 Å². The SMILES string of the molecule is Cc1ccc(OCC(=O)NCCCn2ccnc2)cc1. The minimum atomic E-state index is -0.101. The molecule has 0 spiro atoms. The van der Waals surface area contributed by atoms with Crippen LogP contribution in [0.4, 0.5) is 0 Å². The molecule has 1 aromatic carbocycles. The van der Waals surface area contributed by atoms with E-state index < -0.39 is 0 Å². The van der Waals surface area contributed by atoms with E-state index in [9.17, 15) is 4.79 Å². The van der Waals surface area contributed by atoms with Gasteiger partial charge in [0, 0.05) is 25.5 Å². The van der Waals surface area contributed by atoms with Crippen LogP contribution in [0, 0.1) is 6.92 Å². The van der Waals surface area contributed by atoms with Crippen molar-refractivity contribution in [3.63, 3.8) is 0 Å². The lowest BCUT2D eigenvalue weighted by Gasteiger charge is -2.08. The summed E-state index contributed by atoms with van der Waals surface area (Å²) in [4.78, 5) is 15.6. The van der Waals surface area contributed by atoms with Crippen LogP contribution in [-0.2, 0) is 11.3 Å². The van der Waals surface area contributed by atoms with Crippen molar-refractivity contribution in [1.29, 1.82) is 0 Å². The Morgan fingerprint density at radius 2 is 2.15 bits per heavy atom. The van der Waals surface area contributed by atoms with E-state index in [2.05, 4.69) is 10.3 Å². The van der Waals surface area contributed by atoms with Gasteiger partial charge in [0.15, 0.2) is 6.61 Å². The normalized spacial score (nSPS) is 10.2. The van der Waals surface area contributed by atoms with Gasteiger partial charge in [-0.05, 0) is 25.5 Å². The quantitative estimate of drug-likeness (QED) is 0.782. The molecule has 5 heteroatoms. The van der Waals surface area contributed by atoms with Crippen LogP contribution < -0.4 is 10.1 Å². The fourth-order valence-corrected chi connectivity index (χ4v) is 1.74. The maximum atomic E-state index is 11.6. The van der Waals surface area contributed by atoms with Crippen molar-refractivity contribution in [2.24, 2.45) is 0 Å². The van der Waals surface area contributed by atoms with Gasteiger partial charge in [0.2, 0.25) is 0 Å². The molecule has 1 amide bonds. The zero-order chi connectivity index (χ0) is 14.2. The number of carbonyl (C=O) groups is 1. The van der Waals surface area contributed by atoms with Crippen molar-refractivity contribution >= 4 is 5.91 Å². The fraction of sp³-hybridized carbons (Fsp3) is 0.333. The molecule has 0 aliphatic rings. The van der Waals surface area contributed by atoms with Gasteiger partial charge in [0.1, 0.15) is 5.75 Å². The lowest BCUT2D eigenvalue weighted by Crippen LogP contribution is -2.30. The number of amides is 1. The highest BCUT2D eigenvalue weighted by Crippen LogP contribution is 2.10. The lowest BCUT2D eigenvalue weighted by atomic mass is 10.2. The first-order chi connectivity index (χ1) is 9.74. The van der Waals surface area contributed by atoms with Crippen molar-refractivity contribution in [2.45, 2.75) is 19.9 Å². The van der Waals surface area contributed by atoms with Gasteiger partial charge in [0.25, 0.3) is 5.91 Å². The van der Waals surface area contributed by atoms with Gasteiger partial charge in [-0.25, -0.2) is 4.98 Å². The van der Waals surface area contributed by atoms with Crippen LogP contribution in [0.25, 0.3) is 0 Å². The van der Waals surface area contributed by atoms with Crippen LogP contribution in [0.3, 0.4) is 0 Å². The molecule has 0 atom stereocenters. The standard InChI is InChI=1S/C15H19N3O2/c1-13-3-5-14(6-4-13)20-11-15(19)17-7-2-9-18-10-8-16-12-18/h3-6,8,10,12H,2,7,9,11H2,1H3,(H,17,19). The number of benzene rings is 1. The molecule has 0 saturated heterocycles. The number of aryl methyl sites for hydroxylation is 2. The lowest BCUT2D eigenvalue weighted by molar-refractivity contribution is -0.123. The molecule has 5 nitrogen and oxygen atoms in total. The van der Waals surface area contributed by atoms with Crippen molar-refractivity contribution in [2.75, 3.05) is 13.2 Å². The number of carbonyl (C=O) groups excluding carboxylic acids is 1. The summed E-state index contributed by atoms with van der Waals surface area (Å²) in [6.45, 7) is 3.54. The Kier molecular flexibility index (Phi) is 5.17. The minimum Gasteiger partial charge on any atom is -0.484 e. The van der Waals surface area contributed by atoms with Crippen LogP contribution in [0.5, 0.6) is 5.75 Å². The first-order valence-corrected chi connectivity index (χ1v) is 6.66. The second kappa shape index (κ2) is 7.33. The number of hydrogen-bond acceptors (Lipinski definition) is 3. The zero-order valence-electron chi connectivity index (χ0n) is 11.6. The average Bonchev–Trinajstić information content (AvgIpc) is 2.96. The maximum absolute atomic E-state index is 11.6. The molecule has 0 aliphatic heterocycles. The molecule has 1 heterocycles. The second-order valence-electron chi connectivity index (χ2n) is 4.61. The average molecular weight is 273 g/mol. The van der Waals surface area contributed by atoms with Crippen LogP contribution in [0.2, 0.25) is 0 Å². The molecule has 0 aliphatic carbocycles. The van der Waals surface area contributed by atoms with Crippen molar-refractivity contribution < 1.29 is 9.53 Å². The number of aromatic nitrogens is 2. The Labute approximate surface area is 118 Å². The van der Waals surface area contributed by atoms with Crippen molar-refractivity contribution in [3.05, 3.63) is 48.5 Å². The fourth-order valence-electron chi connectivity index (χ4n) is 1.74. The van der Waals surface area contributed by atoms with Crippen molar-refractivity contribution in [3.8, 4) is 5.75 Å². The molecule has 1 aromatic heterocycles. The molecule has 0 saturated carbocycles. The van der Waals surface area contributed by atoms with Crippen LogP contribution in [0.1, 0.15) is 12.0 Å². The third-order valence-corrected chi connectivity index (χ3v) is 2.87. The van der Waals surface area contributed by atoms with Crippen molar-refractivity contribution in [1.82, 2.24) is 14.9 Å². The molecule has 2 aromatic rings. The number of ether oxygens (including phenoxy) is 1. The van der Waals surface area contributed by atoms with E-state index in [1.165, 1.54) is 5.56 Å². The highest BCUT2D eigenvalue weighted by molar-refractivity contribution is 5.77. The third-order valence-electron chi connectivity index (χ3n) is 2.87. The van der Waals surface area contributed by atoms with Gasteiger partial charge in [-0.15, -0.1) is 0 Å². The molecule has 0 unspecified atom stereocenters. The largest absolute Gasteiger partial charge is 0.484 e. The van der Waals surface area contributed by atoms with E-state index in [1.807, 2.05) is 42.0 Å². The van der Waals surface area contributed by atoms with E-state index in [4.69, 9.17) is 4.74 Å². The predicted molar refractivity (Wildman–Crippen MR) is 76.5 cm³/mol. The maximum Gasteiger partial charge on any atom is 0.257 e. The molecule has 0 radical (unpaired) electrons. The first kappa shape index (κ1) is 14.1. The molecule has 0 fully saturated rings. The Bertz CT molecular complexity index is 521. The van der Waals surface area contributed by atoms with Gasteiger partial charge < -0.3 is 14.6 Å². The first-order valence-electron chi connectivity index (χ1n) is 6.66. The zero-order valence-corrected chi connectivity index (χ0v) is 11.6. The van der Waals surface area contributed by atoms with E-state index in [1.54, 1.807) is 12.5 Å². The molecule has 2 rings (SSSR count). The Morgan fingerprint density at radius 1 is 1.35 bits per heavy atom. The number of nitrogens with one attached hydrogen (secondary N) is 1. The summed E-state index contributed by atoms with van der Waals surface area (Å²) in [7, 11) is 0. The summed E-state index contributed by atoms with van der Waals surface area (Å²) in [5.41, 5.74) is 1.17. The highest BCUT2D eigenvalue weighted by atomic mass is 16.5. The summed E-state index contributed by atoms with van der Waals surface area (Å²) in [6.07, 6.45) is 6.28. The van der Waals surface area contributed by atoms with Crippen LogP contribution >= 0.6 is 0 Å². The third kappa shape index (κ3) is 4.76. The van der Waals surface area contributed by atoms with Crippen LogP contribution in [0.15, 0.2) is 43.0 Å². The predicted octanol–water partition coefficient (Wildman–Crippen LogP) is 1.78. The molecule has 0 bridgehead atoms. The van der Waals surface area contributed by atoms with E-state index in [0.717, 1.165) is 13.0 Å².